The van der Waals surface area contributed by atoms with Crippen LogP contribution < -0.4 is 10.7 Å². The minimum absolute atomic E-state index is 0.0324. The van der Waals surface area contributed by atoms with Gasteiger partial charge in [-0.1, -0.05) is 44.5 Å². The van der Waals surface area contributed by atoms with E-state index in [2.05, 4.69) is 36.5 Å². The van der Waals surface area contributed by atoms with Crippen LogP contribution in [0.2, 0.25) is 5.15 Å². The van der Waals surface area contributed by atoms with Gasteiger partial charge < -0.3 is 5.32 Å². The maximum Gasteiger partial charge on any atom is 0.258 e. The highest BCUT2D eigenvalue weighted by Crippen LogP contribution is 2.32. The van der Waals surface area contributed by atoms with Gasteiger partial charge in [-0.2, -0.15) is 0 Å². The monoisotopic (exact) mass is 414 g/mol. The van der Waals surface area contributed by atoms with E-state index in [1.807, 2.05) is 42.4 Å². The molecule has 0 saturated carbocycles. The van der Waals surface area contributed by atoms with Crippen LogP contribution in [-0.2, 0) is 11.2 Å². The van der Waals surface area contributed by atoms with Crippen molar-refractivity contribution < 1.29 is 9.59 Å². The van der Waals surface area contributed by atoms with Crippen LogP contribution in [0.15, 0.2) is 36.4 Å². The molecule has 6 nitrogen and oxygen atoms in total. The van der Waals surface area contributed by atoms with Gasteiger partial charge in [-0.25, -0.2) is 9.99 Å². The Morgan fingerprint density at radius 2 is 1.97 bits per heavy atom. The fourth-order valence-corrected chi connectivity index (χ4v) is 4.04. The highest BCUT2D eigenvalue weighted by molar-refractivity contribution is 6.33. The van der Waals surface area contributed by atoms with E-state index in [0.717, 1.165) is 17.7 Å². The highest BCUT2D eigenvalue weighted by atomic mass is 35.5. The number of hydrazine groups is 1. The predicted octanol–water partition coefficient (Wildman–Crippen LogP) is 4.23. The Morgan fingerprint density at radius 1 is 1.28 bits per heavy atom. The van der Waals surface area contributed by atoms with E-state index in [4.69, 9.17) is 11.6 Å². The second kappa shape index (κ2) is 8.93. The Balaban J connectivity index is 1.70. The Bertz CT molecular complexity index is 884. The zero-order valence-electron chi connectivity index (χ0n) is 17.2. The summed E-state index contributed by atoms with van der Waals surface area (Å²) in [6.45, 7) is 6.28. The molecular weight excluding hydrogens is 388 g/mol. The number of halogens is 1. The quantitative estimate of drug-likeness (QED) is 0.718. The molecule has 29 heavy (non-hydrogen) atoms. The summed E-state index contributed by atoms with van der Waals surface area (Å²) in [5, 5.41) is 4.93. The van der Waals surface area contributed by atoms with E-state index >= 15 is 0 Å². The highest BCUT2D eigenvalue weighted by Gasteiger charge is 2.31. The average molecular weight is 415 g/mol. The second-order valence-corrected chi connectivity index (χ2v) is 8.45. The molecule has 2 N–H and O–H groups in total. The third-order valence-corrected chi connectivity index (χ3v) is 5.33. The maximum atomic E-state index is 12.6. The lowest BCUT2D eigenvalue weighted by atomic mass is 9.90. The van der Waals surface area contributed by atoms with Gasteiger partial charge in [0.25, 0.3) is 5.91 Å². The lowest BCUT2D eigenvalue weighted by Crippen LogP contribution is -2.49. The molecule has 154 valence electrons. The zero-order valence-corrected chi connectivity index (χ0v) is 18.0. The average Bonchev–Trinajstić information content (AvgIpc) is 2.61. The van der Waals surface area contributed by atoms with Crippen molar-refractivity contribution in [2.75, 3.05) is 12.4 Å². The van der Waals surface area contributed by atoms with Crippen molar-refractivity contribution in [3.8, 4) is 0 Å². The summed E-state index contributed by atoms with van der Waals surface area (Å²) in [6.07, 6.45) is 1.31. The lowest BCUT2D eigenvalue weighted by Gasteiger charge is -2.37. The summed E-state index contributed by atoms with van der Waals surface area (Å²) in [5.74, 6) is 0.409. The number of aromatic nitrogens is 1. The summed E-state index contributed by atoms with van der Waals surface area (Å²) in [6, 6.07) is 11.3. The molecule has 1 fully saturated rings. The number of carbonyl (C=O) groups excluding carboxylic acids is 2. The van der Waals surface area contributed by atoms with Crippen molar-refractivity contribution in [2.24, 2.45) is 11.8 Å². The van der Waals surface area contributed by atoms with Gasteiger partial charge in [0.05, 0.1) is 11.6 Å². The first-order valence-electron chi connectivity index (χ1n) is 9.83. The molecule has 2 aromatic rings. The number of pyridine rings is 1. The lowest BCUT2D eigenvalue weighted by molar-refractivity contribution is -0.132. The van der Waals surface area contributed by atoms with E-state index in [1.165, 1.54) is 0 Å². The van der Waals surface area contributed by atoms with Crippen LogP contribution >= 0.6 is 11.6 Å². The number of nitrogens with zero attached hydrogens (tertiary/aromatic N) is 2. The summed E-state index contributed by atoms with van der Waals surface area (Å²) < 4.78 is 0. The number of amides is 2. The van der Waals surface area contributed by atoms with E-state index < -0.39 is 0 Å². The zero-order chi connectivity index (χ0) is 21.1. The van der Waals surface area contributed by atoms with Gasteiger partial charge in [0, 0.05) is 24.8 Å². The van der Waals surface area contributed by atoms with Crippen LogP contribution in [0.1, 0.15) is 54.8 Å². The number of nitrogens with one attached hydrogen (secondary N) is 2. The molecule has 2 unspecified atom stereocenters. The third kappa shape index (κ3) is 5.14. The molecule has 0 bridgehead atoms. The standard InChI is InChI=1S/C22H27ClN4O2/c1-13(2)11-17-9-10-18(21(23)24-17)22(29)25-16-7-5-15(6-8-16)20-14(3)12-19(28)26-27(20)4/h5-10,13-14,20H,11-12H2,1-4H3,(H,25,29)(H,26,28). The van der Waals surface area contributed by atoms with Crippen LogP contribution in [0.4, 0.5) is 5.69 Å². The van der Waals surface area contributed by atoms with Gasteiger partial charge in [-0.05, 0) is 48.1 Å². The molecule has 3 rings (SSSR count). The van der Waals surface area contributed by atoms with Crippen molar-refractivity contribution >= 4 is 29.1 Å². The van der Waals surface area contributed by atoms with Gasteiger partial charge in [0.1, 0.15) is 5.15 Å². The van der Waals surface area contributed by atoms with E-state index in [0.29, 0.717) is 23.6 Å². The van der Waals surface area contributed by atoms with Crippen LogP contribution in [0, 0.1) is 11.8 Å². The Morgan fingerprint density at radius 3 is 2.55 bits per heavy atom. The Hall–Kier alpha value is -2.44. The Kier molecular flexibility index (Phi) is 6.55. The van der Waals surface area contributed by atoms with Crippen molar-refractivity contribution in [3.63, 3.8) is 0 Å². The number of benzene rings is 1. The van der Waals surface area contributed by atoms with E-state index in [-0.39, 0.29) is 28.9 Å². The third-order valence-electron chi connectivity index (χ3n) is 5.04. The number of carbonyl (C=O) groups is 2. The summed E-state index contributed by atoms with van der Waals surface area (Å²) in [4.78, 5) is 28.6. The molecule has 0 radical (unpaired) electrons. The molecule has 1 saturated heterocycles. The number of hydrogen-bond acceptors (Lipinski definition) is 4. The first kappa shape index (κ1) is 21.3. The van der Waals surface area contributed by atoms with E-state index in [1.54, 1.807) is 6.07 Å². The SMILES string of the molecule is CC(C)Cc1ccc(C(=O)Nc2ccc(C3C(C)CC(=O)NN3C)cc2)c(Cl)n1. The van der Waals surface area contributed by atoms with Crippen LogP contribution in [0.25, 0.3) is 0 Å². The summed E-state index contributed by atoms with van der Waals surface area (Å²) in [5.41, 5.74) is 5.84. The first-order valence-corrected chi connectivity index (χ1v) is 10.2. The molecule has 0 spiro atoms. The Labute approximate surface area is 176 Å². The largest absolute Gasteiger partial charge is 0.322 e. The molecule has 1 aliphatic heterocycles. The van der Waals surface area contributed by atoms with Gasteiger partial charge in [-0.3, -0.25) is 15.0 Å². The van der Waals surface area contributed by atoms with Gasteiger partial charge in [0.2, 0.25) is 5.91 Å². The van der Waals surface area contributed by atoms with Gasteiger partial charge in [-0.15, -0.1) is 0 Å². The molecule has 0 aliphatic carbocycles. The van der Waals surface area contributed by atoms with Crippen LogP contribution in [-0.4, -0.2) is 28.9 Å². The molecule has 1 aromatic heterocycles. The molecule has 1 aromatic carbocycles. The van der Waals surface area contributed by atoms with Crippen molar-refractivity contribution in [1.29, 1.82) is 0 Å². The van der Waals surface area contributed by atoms with Crippen molar-refractivity contribution in [2.45, 2.75) is 39.7 Å². The van der Waals surface area contributed by atoms with Crippen LogP contribution in [0.3, 0.4) is 0 Å². The molecule has 1 aliphatic rings. The van der Waals surface area contributed by atoms with Crippen molar-refractivity contribution in [3.05, 3.63) is 58.4 Å². The molecule has 7 heteroatoms. The van der Waals surface area contributed by atoms with Crippen molar-refractivity contribution in [1.82, 2.24) is 15.4 Å². The van der Waals surface area contributed by atoms with E-state index in [9.17, 15) is 9.59 Å². The fraction of sp³-hybridized carbons (Fsp3) is 0.409. The summed E-state index contributed by atoms with van der Waals surface area (Å²) in [7, 11) is 1.87. The second-order valence-electron chi connectivity index (χ2n) is 8.09. The minimum atomic E-state index is -0.290. The van der Waals surface area contributed by atoms with Gasteiger partial charge >= 0.3 is 0 Å². The minimum Gasteiger partial charge on any atom is -0.322 e. The molecule has 2 amide bonds. The number of hydrogen-bond donors (Lipinski definition) is 2. The maximum absolute atomic E-state index is 12.6. The molecular formula is C22H27ClN4O2. The number of anilines is 1. The summed E-state index contributed by atoms with van der Waals surface area (Å²) >= 11 is 6.23. The number of rotatable bonds is 5. The topological polar surface area (TPSA) is 74.3 Å². The molecule has 2 atom stereocenters. The predicted molar refractivity (Wildman–Crippen MR) is 115 cm³/mol. The van der Waals surface area contributed by atoms with Gasteiger partial charge in [0.15, 0.2) is 0 Å². The fourth-order valence-electron chi connectivity index (χ4n) is 3.79. The van der Waals surface area contributed by atoms with Crippen LogP contribution in [0.5, 0.6) is 0 Å². The smallest absolute Gasteiger partial charge is 0.258 e. The first-order chi connectivity index (χ1) is 13.7. The molecule has 2 heterocycles. The normalized spacial score (nSPS) is 19.9.